The SMILES string of the molecule is [2H]\C(=C/C(C)=C\C([2H])=C(/C(C)=C/CO[Si](C)(C)C(C)(C)C)S(=O)c1ccccc1)C1=C(C)CCCC1(C)C. The summed E-state index contributed by atoms with van der Waals surface area (Å²) in [6, 6.07) is 10.0. The molecule has 36 heavy (non-hydrogen) atoms. The van der Waals surface area contributed by atoms with Crippen molar-refractivity contribution in [1.82, 2.24) is 0 Å². The molecule has 0 aromatic heterocycles. The molecule has 1 aliphatic carbocycles. The van der Waals surface area contributed by atoms with E-state index in [2.05, 4.69) is 54.6 Å². The Bertz CT molecular complexity index is 1180. The van der Waals surface area contributed by atoms with Gasteiger partial charge in [-0.3, -0.25) is 0 Å². The van der Waals surface area contributed by atoms with E-state index >= 15 is 0 Å². The number of allylic oxidation sites excluding steroid dienone is 8. The van der Waals surface area contributed by atoms with Crippen molar-refractivity contribution in [2.24, 2.45) is 5.41 Å². The topological polar surface area (TPSA) is 26.3 Å². The lowest BCUT2D eigenvalue weighted by Crippen LogP contribution is -2.40. The minimum atomic E-state index is -1.93. The van der Waals surface area contributed by atoms with E-state index in [-0.39, 0.29) is 16.5 Å². The van der Waals surface area contributed by atoms with Gasteiger partial charge in [0.25, 0.3) is 0 Å². The molecule has 1 atom stereocenters. The molecule has 1 aromatic rings. The molecule has 198 valence electrons. The third kappa shape index (κ3) is 8.39. The second-order valence-corrected chi connectivity index (χ2v) is 18.3. The number of rotatable bonds is 9. The van der Waals surface area contributed by atoms with Crippen LogP contribution in [0.2, 0.25) is 18.1 Å². The van der Waals surface area contributed by atoms with Crippen LogP contribution in [0, 0.1) is 5.41 Å². The Morgan fingerprint density at radius 2 is 1.83 bits per heavy atom. The van der Waals surface area contributed by atoms with Crippen LogP contribution in [-0.4, -0.2) is 19.1 Å². The van der Waals surface area contributed by atoms with Gasteiger partial charge in [0.05, 0.1) is 20.1 Å². The molecule has 0 N–H and O–H groups in total. The van der Waals surface area contributed by atoms with Crippen LogP contribution in [0.5, 0.6) is 0 Å². The Morgan fingerprint density at radius 3 is 2.42 bits per heavy atom. The maximum atomic E-state index is 13.7. The van der Waals surface area contributed by atoms with Gasteiger partial charge in [-0.05, 0) is 92.9 Å². The maximum Gasteiger partial charge on any atom is 0.192 e. The summed E-state index contributed by atoms with van der Waals surface area (Å²) in [6.07, 6.45) is 8.81. The quantitative estimate of drug-likeness (QED) is 0.236. The standard InChI is InChI=1S/C32H48O2SSi/c1-25(18-20-29-26(2)15-14-23-32(29,7)8)19-21-30(35(33)28-16-12-11-13-17-28)27(3)22-24-34-36(9,10)31(4,5)6/h11-13,16-22H,14-15,23-24H2,1-10H3/b20-18+,25-19-,27-22+,30-21+/i20D,21D. The van der Waals surface area contributed by atoms with Gasteiger partial charge in [0.15, 0.2) is 8.32 Å². The van der Waals surface area contributed by atoms with Crippen LogP contribution >= 0.6 is 0 Å². The van der Waals surface area contributed by atoms with Crippen LogP contribution in [0.15, 0.2) is 92.8 Å². The average molecular weight is 527 g/mol. The monoisotopic (exact) mass is 526 g/mol. The van der Waals surface area contributed by atoms with Crippen molar-refractivity contribution in [3.63, 3.8) is 0 Å². The summed E-state index contributed by atoms with van der Waals surface area (Å²) in [5.74, 6) is 0. The van der Waals surface area contributed by atoms with Gasteiger partial charge in [-0.25, -0.2) is 4.21 Å². The summed E-state index contributed by atoms with van der Waals surface area (Å²) in [5.41, 5.74) is 3.94. The molecule has 0 saturated heterocycles. The van der Waals surface area contributed by atoms with Gasteiger partial charge >= 0.3 is 0 Å². The van der Waals surface area contributed by atoms with E-state index in [0.29, 0.717) is 22.5 Å². The van der Waals surface area contributed by atoms with Crippen LogP contribution < -0.4 is 0 Å². The Kier molecular flexibility index (Phi) is 9.60. The molecule has 0 radical (unpaired) electrons. The Labute approximate surface area is 227 Å². The Morgan fingerprint density at radius 1 is 1.19 bits per heavy atom. The molecule has 0 bridgehead atoms. The van der Waals surface area contributed by atoms with E-state index in [1.807, 2.05) is 56.3 Å². The van der Waals surface area contributed by atoms with Crippen molar-refractivity contribution < 1.29 is 11.4 Å². The van der Waals surface area contributed by atoms with Crippen LogP contribution in [-0.2, 0) is 15.2 Å². The largest absolute Gasteiger partial charge is 0.413 e. The first kappa shape index (κ1) is 27.3. The van der Waals surface area contributed by atoms with Crippen molar-refractivity contribution in [2.75, 3.05) is 6.61 Å². The lowest BCUT2D eigenvalue weighted by atomic mass is 9.72. The molecule has 1 unspecified atom stereocenters. The zero-order valence-corrected chi connectivity index (χ0v) is 26.0. The Hall–Kier alpha value is -1.75. The fourth-order valence-electron chi connectivity index (χ4n) is 4.01. The fourth-order valence-corrected chi connectivity index (χ4v) is 6.12. The van der Waals surface area contributed by atoms with Gasteiger partial charge in [-0.1, -0.05) is 88.2 Å². The van der Waals surface area contributed by atoms with E-state index in [1.165, 1.54) is 5.57 Å². The summed E-state index contributed by atoms with van der Waals surface area (Å²) in [4.78, 5) is 1.14. The molecule has 4 heteroatoms. The third-order valence-corrected chi connectivity index (χ3v) is 13.5. The minimum Gasteiger partial charge on any atom is -0.413 e. The van der Waals surface area contributed by atoms with E-state index in [0.717, 1.165) is 36.0 Å². The predicted molar refractivity (Wildman–Crippen MR) is 161 cm³/mol. The normalized spacial score (nSPS) is 20.6. The van der Waals surface area contributed by atoms with E-state index in [4.69, 9.17) is 7.17 Å². The molecule has 0 amide bonds. The highest BCUT2D eigenvalue weighted by Gasteiger charge is 2.36. The van der Waals surface area contributed by atoms with Gasteiger partial charge in [0, 0.05) is 9.80 Å². The minimum absolute atomic E-state index is 0.0285. The number of benzene rings is 1. The zero-order valence-electron chi connectivity index (χ0n) is 26.2. The summed E-state index contributed by atoms with van der Waals surface area (Å²) in [6.45, 7) is 21.9. The molecule has 0 heterocycles. The molecule has 2 rings (SSSR count). The average Bonchev–Trinajstić information content (AvgIpc) is 2.77. The molecular formula is C32H48O2SSi. The predicted octanol–water partition coefficient (Wildman–Crippen LogP) is 9.68. The van der Waals surface area contributed by atoms with Crippen molar-refractivity contribution >= 4 is 19.1 Å². The highest BCUT2D eigenvalue weighted by Crippen LogP contribution is 2.41. The summed E-state index contributed by atoms with van der Waals surface area (Å²) < 4.78 is 37.8. The van der Waals surface area contributed by atoms with Gasteiger partial charge in [-0.2, -0.15) is 0 Å². The maximum absolute atomic E-state index is 13.7. The zero-order chi connectivity index (χ0) is 28.9. The van der Waals surface area contributed by atoms with Crippen molar-refractivity contribution in [2.45, 2.75) is 97.7 Å². The molecule has 2 nitrogen and oxygen atoms in total. The summed E-state index contributed by atoms with van der Waals surface area (Å²) >= 11 is 0. The third-order valence-electron chi connectivity index (χ3n) is 7.47. The van der Waals surface area contributed by atoms with E-state index in [1.54, 1.807) is 6.08 Å². The molecule has 1 aromatic carbocycles. The Balaban J connectivity index is 2.50. The van der Waals surface area contributed by atoms with Gasteiger partial charge in [0.2, 0.25) is 0 Å². The van der Waals surface area contributed by atoms with Crippen LogP contribution in [0.25, 0.3) is 0 Å². The molecule has 0 aliphatic heterocycles. The van der Waals surface area contributed by atoms with Crippen LogP contribution in [0.1, 0.15) is 77.4 Å². The lowest BCUT2D eigenvalue weighted by molar-refractivity contribution is 0.327. The number of hydrogen-bond acceptors (Lipinski definition) is 2. The second kappa shape index (κ2) is 12.7. The first-order valence-electron chi connectivity index (χ1n) is 14.0. The van der Waals surface area contributed by atoms with Crippen LogP contribution in [0.4, 0.5) is 0 Å². The molecular weight excluding hydrogens is 477 g/mol. The first-order chi connectivity index (χ1) is 17.5. The molecule has 0 fully saturated rings. The van der Waals surface area contributed by atoms with Crippen LogP contribution in [0.3, 0.4) is 0 Å². The smallest absolute Gasteiger partial charge is 0.192 e. The highest BCUT2D eigenvalue weighted by molar-refractivity contribution is 7.89. The van der Waals surface area contributed by atoms with Crippen molar-refractivity contribution in [1.29, 1.82) is 0 Å². The van der Waals surface area contributed by atoms with Crippen molar-refractivity contribution in [3.05, 3.63) is 87.9 Å². The second-order valence-electron chi connectivity index (χ2n) is 12.1. The van der Waals surface area contributed by atoms with Gasteiger partial charge in [-0.15, -0.1) is 0 Å². The first-order valence-corrected chi connectivity index (χ1v) is 17.1. The highest BCUT2D eigenvalue weighted by atomic mass is 32.2. The summed E-state index contributed by atoms with van der Waals surface area (Å²) in [7, 11) is -3.45. The fraction of sp³-hybridized carbons (Fsp3) is 0.500. The number of hydrogen-bond donors (Lipinski definition) is 0. The lowest BCUT2D eigenvalue weighted by Gasteiger charge is -2.35. The molecule has 0 spiro atoms. The van der Waals surface area contributed by atoms with E-state index in [9.17, 15) is 4.21 Å². The molecule has 1 aliphatic rings. The van der Waals surface area contributed by atoms with E-state index < -0.39 is 19.1 Å². The molecule has 0 saturated carbocycles. The summed E-state index contributed by atoms with van der Waals surface area (Å²) in [5, 5.41) is 0.0989. The van der Waals surface area contributed by atoms with Gasteiger partial charge in [0.1, 0.15) is 0 Å². The van der Waals surface area contributed by atoms with Gasteiger partial charge < -0.3 is 4.43 Å². The van der Waals surface area contributed by atoms with Crippen molar-refractivity contribution in [3.8, 4) is 0 Å².